The summed E-state index contributed by atoms with van der Waals surface area (Å²) in [5, 5.41) is 0. The lowest BCUT2D eigenvalue weighted by Crippen LogP contribution is -2.41. The number of rotatable bonds is 7. The number of benzene rings is 1. The molecular formula is C16H23BrN2O3. The molecular weight excluding hydrogens is 348 g/mol. The van der Waals surface area contributed by atoms with E-state index in [2.05, 4.69) is 33.7 Å². The lowest BCUT2D eigenvalue weighted by Gasteiger charge is -2.15. The van der Waals surface area contributed by atoms with E-state index >= 15 is 0 Å². The fourth-order valence-electron chi connectivity index (χ4n) is 1.83. The summed E-state index contributed by atoms with van der Waals surface area (Å²) in [4.78, 5) is 23.8. The molecule has 122 valence electrons. The van der Waals surface area contributed by atoms with Crippen LogP contribution in [0.1, 0.15) is 56.8 Å². The first-order valence-corrected chi connectivity index (χ1v) is 8.28. The van der Waals surface area contributed by atoms with Crippen LogP contribution in [0.5, 0.6) is 5.75 Å². The van der Waals surface area contributed by atoms with Gasteiger partial charge in [-0.3, -0.25) is 20.4 Å². The molecule has 0 radical (unpaired) electrons. The quantitative estimate of drug-likeness (QED) is 0.569. The number of halogens is 1. The summed E-state index contributed by atoms with van der Waals surface area (Å²) in [7, 11) is 0. The molecule has 22 heavy (non-hydrogen) atoms. The van der Waals surface area contributed by atoms with Gasteiger partial charge in [0.15, 0.2) is 0 Å². The molecule has 5 nitrogen and oxygen atoms in total. The minimum Gasteiger partial charge on any atom is -0.490 e. The molecule has 1 rings (SSSR count). The SMILES string of the molecule is CCCCCC(=O)NNC(=O)c1cc(Br)ccc1OC(C)C. The number of unbranched alkanes of at least 4 members (excludes halogenated alkanes) is 2. The topological polar surface area (TPSA) is 67.4 Å². The van der Waals surface area contributed by atoms with Crippen LogP contribution in [-0.4, -0.2) is 17.9 Å². The van der Waals surface area contributed by atoms with Crippen LogP contribution in [0.2, 0.25) is 0 Å². The van der Waals surface area contributed by atoms with Gasteiger partial charge >= 0.3 is 0 Å². The van der Waals surface area contributed by atoms with Crippen LogP contribution in [0.15, 0.2) is 22.7 Å². The summed E-state index contributed by atoms with van der Waals surface area (Å²) >= 11 is 3.33. The molecule has 0 bridgehead atoms. The third kappa shape index (κ3) is 6.47. The van der Waals surface area contributed by atoms with Gasteiger partial charge in [-0.15, -0.1) is 0 Å². The molecule has 0 aliphatic rings. The molecule has 2 amide bonds. The lowest BCUT2D eigenvalue weighted by molar-refractivity contribution is -0.121. The van der Waals surface area contributed by atoms with Crippen molar-refractivity contribution >= 4 is 27.7 Å². The van der Waals surface area contributed by atoms with E-state index in [-0.39, 0.29) is 12.0 Å². The Balaban J connectivity index is 2.64. The summed E-state index contributed by atoms with van der Waals surface area (Å²) in [5.41, 5.74) is 5.23. The second-order valence-electron chi connectivity index (χ2n) is 5.27. The number of ether oxygens (including phenoxy) is 1. The summed E-state index contributed by atoms with van der Waals surface area (Å²) < 4.78 is 6.38. The Morgan fingerprint density at radius 1 is 1.23 bits per heavy atom. The molecule has 0 fully saturated rings. The molecule has 0 saturated heterocycles. The van der Waals surface area contributed by atoms with Gasteiger partial charge in [-0.2, -0.15) is 0 Å². The fraction of sp³-hybridized carbons (Fsp3) is 0.500. The number of carbonyl (C=O) groups is 2. The zero-order valence-electron chi connectivity index (χ0n) is 13.2. The molecule has 0 aliphatic heterocycles. The van der Waals surface area contributed by atoms with Crippen molar-refractivity contribution in [1.82, 2.24) is 10.9 Å². The highest BCUT2D eigenvalue weighted by Crippen LogP contribution is 2.24. The number of carbonyl (C=O) groups excluding carboxylic acids is 2. The van der Waals surface area contributed by atoms with Gasteiger partial charge < -0.3 is 4.74 Å². The Bertz CT molecular complexity index is 518. The summed E-state index contributed by atoms with van der Waals surface area (Å²) in [5.74, 6) is -0.111. The number of hydrogen-bond donors (Lipinski definition) is 2. The van der Waals surface area contributed by atoms with Crippen molar-refractivity contribution < 1.29 is 14.3 Å². The van der Waals surface area contributed by atoms with Crippen LogP contribution >= 0.6 is 15.9 Å². The molecule has 0 spiro atoms. The largest absolute Gasteiger partial charge is 0.490 e. The molecule has 0 unspecified atom stereocenters. The molecule has 6 heteroatoms. The van der Waals surface area contributed by atoms with Crippen molar-refractivity contribution in [2.75, 3.05) is 0 Å². The third-order valence-corrected chi connectivity index (χ3v) is 3.37. The van der Waals surface area contributed by atoms with Crippen LogP contribution in [-0.2, 0) is 4.79 Å². The van der Waals surface area contributed by atoms with Crippen LogP contribution in [0, 0.1) is 0 Å². The van der Waals surface area contributed by atoms with Gasteiger partial charge in [0.05, 0.1) is 11.7 Å². The van der Waals surface area contributed by atoms with Crippen LogP contribution < -0.4 is 15.6 Å². The zero-order chi connectivity index (χ0) is 16.5. The summed E-state index contributed by atoms with van der Waals surface area (Å²) in [6, 6.07) is 5.19. The van der Waals surface area contributed by atoms with Crippen LogP contribution in [0.25, 0.3) is 0 Å². The predicted octanol–water partition coefficient (Wildman–Crippen LogP) is 3.58. The second kappa shape index (κ2) is 9.46. The number of amides is 2. The number of hydrazine groups is 1. The minimum absolute atomic E-state index is 0.0450. The van der Waals surface area contributed by atoms with Gasteiger partial charge in [0.1, 0.15) is 5.75 Å². The Labute approximate surface area is 139 Å². The lowest BCUT2D eigenvalue weighted by atomic mass is 10.2. The Morgan fingerprint density at radius 3 is 2.59 bits per heavy atom. The van der Waals surface area contributed by atoms with E-state index < -0.39 is 5.91 Å². The van der Waals surface area contributed by atoms with Gasteiger partial charge in [-0.05, 0) is 38.5 Å². The van der Waals surface area contributed by atoms with E-state index in [0.717, 1.165) is 23.7 Å². The third-order valence-electron chi connectivity index (χ3n) is 2.87. The molecule has 0 aromatic heterocycles. The van der Waals surface area contributed by atoms with E-state index in [1.807, 2.05) is 13.8 Å². The molecule has 0 atom stereocenters. The Morgan fingerprint density at radius 2 is 1.95 bits per heavy atom. The van der Waals surface area contributed by atoms with Crippen LogP contribution in [0.4, 0.5) is 0 Å². The smallest absolute Gasteiger partial charge is 0.273 e. The maximum Gasteiger partial charge on any atom is 0.273 e. The molecule has 2 N–H and O–H groups in total. The van der Waals surface area contributed by atoms with Gasteiger partial charge in [-0.25, -0.2) is 0 Å². The maximum atomic E-state index is 12.2. The summed E-state index contributed by atoms with van der Waals surface area (Å²) in [6.07, 6.45) is 3.22. The number of nitrogens with one attached hydrogen (secondary N) is 2. The Kier molecular flexibility index (Phi) is 7.95. The van der Waals surface area contributed by atoms with Gasteiger partial charge in [-0.1, -0.05) is 35.7 Å². The normalized spacial score (nSPS) is 10.4. The number of hydrogen-bond acceptors (Lipinski definition) is 3. The highest BCUT2D eigenvalue weighted by atomic mass is 79.9. The molecule has 1 aromatic carbocycles. The maximum absolute atomic E-state index is 12.2. The van der Waals surface area contributed by atoms with E-state index in [4.69, 9.17) is 4.74 Å². The molecule has 0 saturated carbocycles. The van der Waals surface area contributed by atoms with E-state index in [9.17, 15) is 9.59 Å². The van der Waals surface area contributed by atoms with Crippen molar-refractivity contribution in [3.05, 3.63) is 28.2 Å². The van der Waals surface area contributed by atoms with Crippen molar-refractivity contribution in [2.24, 2.45) is 0 Å². The average Bonchev–Trinajstić information content (AvgIpc) is 2.46. The zero-order valence-corrected chi connectivity index (χ0v) is 14.8. The first kappa shape index (κ1) is 18.5. The van der Waals surface area contributed by atoms with Gasteiger partial charge in [0.2, 0.25) is 5.91 Å². The monoisotopic (exact) mass is 370 g/mol. The van der Waals surface area contributed by atoms with Crippen molar-refractivity contribution in [3.8, 4) is 5.75 Å². The molecule has 1 aromatic rings. The van der Waals surface area contributed by atoms with Crippen molar-refractivity contribution in [3.63, 3.8) is 0 Å². The highest BCUT2D eigenvalue weighted by Gasteiger charge is 2.15. The Hall–Kier alpha value is -1.56. The van der Waals surface area contributed by atoms with Gasteiger partial charge in [0, 0.05) is 10.9 Å². The minimum atomic E-state index is -0.402. The average molecular weight is 371 g/mol. The van der Waals surface area contributed by atoms with Gasteiger partial charge in [0.25, 0.3) is 5.91 Å². The fourth-order valence-corrected chi connectivity index (χ4v) is 2.19. The second-order valence-corrected chi connectivity index (χ2v) is 6.18. The van der Waals surface area contributed by atoms with E-state index in [1.54, 1.807) is 18.2 Å². The van der Waals surface area contributed by atoms with Crippen molar-refractivity contribution in [2.45, 2.75) is 52.6 Å². The van der Waals surface area contributed by atoms with E-state index in [1.165, 1.54) is 0 Å². The predicted molar refractivity (Wildman–Crippen MR) is 89.7 cm³/mol. The highest BCUT2D eigenvalue weighted by molar-refractivity contribution is 9.10. The molecule has 0 aliphatic carbocycles. The first-order chi connectivity index (χ1) is 10.4. The standard InChI is InChI=1S/C16H23BrN2O3/c1-4-5-6-7-15(20)18-19-16(21)13-10-12(17)8-9-14(13)22-11(2)3/h8-11H,4-7H2,1-3H3,(H,18,20)(H,19,21). The summed E-state index contributed by atoms with van der Waals surface area (Å²) in [6.45, 7) is 5.85. The van der Waals surface area contributed by atoms with Crippen LogP contribution in [0.3, 0.4) is 0 Å². The molecule has 0 heterocycles. The van der Waals surface area contributed by atoms with Crippen molar-refractivity contribution in [1.29, 1.82) is 0 Å². The first-order valence-electron chi connectivity index (χ1n) is 7.49. The van der Waals surface area contributed by atoms with E-state index in [0.29, 0.717) is 17.7 Å².